The zero-order chi connectivity index (χ0) is 10.1. The quantitative estimate of drug-likeness (QED) is 0.613. The molecule has 76 valence electrons. The Hall–Kier alpha value is -0.860. The van der Waals surface area contributed by atoms with E-state index in [1.54, 1.807) is 0 Å². The summed E-state index contributed by atoms with van der Waals surface area (Å²) in [6, 6.07) is 0. The molecule has 0 aromatic heterocycles. The van der Waals surface area contributed by atoms with E-state index in [9.17, 15) is 9.59 Å². The lowest BCUT2D eigenvalue weighted by molar-refractivity contribution is -0.119. The van der Waals surface area contributed by atoms with E-state index in [0.717, 1.165) is 25.8 Å². The first kappa shape index (κ1) is 12.1. The first-order valence-electron chi connectivity index (χ1n) is 4.93. The summed E-state index contributed by atoms with van der Waals surface area (Å²) in [6.07, 6.45) is 4.27. The normalized spacial score (nSPS) is 9.69. The van der Waals surface area contributed by atoms with Crippen molar-refractivity contribution >= 4 is 11.7 Å². The third-order valence-electron chi connectivity index (χ3n) is 1.90. The number of hydrogen-bond acceptors (Lipinski definition) is 2. The molecule has 0 heterocycles. The number of Topliss-reactive ketones (excluding diaryl/α,β-unsaturated/α-hetero) is 1. The Labute approximate surface area is 79.9 Å². The van der Waals surface area contributed by atoms with Crippen LogP contribution >= 0.6 is 0 Å². The van der Waals surface area contributed by atoms with Gasteiger partial charge in [0, 0.05) is 26.3 Å². The number of hydrogen-bond donors (Lipinski definition) is 1. The standard InChI is InChI=1S/C10H19NO2/c1-3-10(13)7-5-4-6-8-11-9(2)12/h3-8H2,1-2H3,(H,11,12). The van der Waals surface area contributed by atoms with Crippen LogP contribution in [0.4, 0.5) is 0 Å². The van der Waals surface area contributed by atoms with Gasteiger partial charge in [0.05, 0.1) is 0 Å². The fraction of sp³-hybridized carbons (Fsp3) is 0.800. The van der Waals surface area contributed by atoms with Crippen LogP contribution in [-0.4, -0.2) is 18.2 Å². The van der Waals surface area contributed by atoms with Gasteiger partial charge in [0.2, 0.25) is 5.91 Å². The largest absolute Gasteiger partial charge is 0.356 e. The minimum absolute atomic E-state index is 0.0182. The summed E-state index contributed by atoms with van der Waals surface area (Å²) in [5, 5.41) is 2.72. The Morgan fingerprint density at radius 1 is 1.15 bits per heavy atom. The summed E-state index contributed by atoms with van der Waals surface area (Å²) < 4.78 is 0. The second kappa shape index (κ2) is 7.77. The van der Waals surface area contributed by atoms with E-state index < -0.39 is 0 Å². The number of unbranched alkanes of at least 4 members (excludes halogenated alkanes) is 2. The van der Waals surface area contributed by atoms with Crippen LogP contribution in [0.15, 0.2) is 0 Å². The highest BCUT2D eigenvalue weighted by Crippen LogP contribution is 2.01. The summed E-state index contributed by atoms with van der Waals surface area (Å²) >= 11 is 0. The van der Waals surface area contributed by atoms with Crippen LogP contribution in [0.25, 0.3) is 0 Å². The van der Waals surface area contributed by atoms with Crippen LogP contribution in [-0.2, 0) is 9.59 Å². The molecule has 3 heteroatoms. The van der Waals surface area contributed by atoms with Crippen LogP contribution in [0.5, 0.6) is 0 Å². The minimum atomic E-state index is 0.0182. The van der Waals surface area contributed by atoms with Gasteiger partial charge < -0.3 is 5.32 Å². The van der Waals surface area contributed by atoms with Gasteiger partial charge in [0.15, 0.2) is 0 Å². The van der Waals surface area contributed by atoms with Crippen LogP contribution < -0.4 is 5.32 Å². The average Bonchev–Trinajstić information content (AvgIpc) is 2.10. The Bertz CT molecular complexity index is 166. The van der Waals surface area contributed by atoms with E-state index >= 15 is 0 Å². The lowest BCUT2D eigenvalue weighted by Gasteiger charge is -2.01. The lowest BCUT2D eigenvalue weighted by Crippen LogP contribution is -2.20. The van der Waals surface area contributed by atoms with Crippen LogP contribution in [0.1, 0.15) is 46.0 Å². The topological polar surface area (TPSA) is 46.2 Å². The lowest BCUT2D eigenvalue weighted by atomic mass is 10.1. The molecule has 0 radical (unpaired) electrons. The number of ketones is 1. The third-order valence-corrected chi connectivity index (χ3v) is 1.90. The molecule has 0 aliphatic carbocycles. The molecule has 13 heavy (non-hydrogen) atoms. The van der Waals surface area contributed by atoms with Crippen LogP contribution in [0.2, 0.25) is 0 Å². The highest BCUT2D eigenvalue weighted by Gasteiger charge is 1.97. The van der Waals surface area contributed by atoms with E-state index in [1.165, 1.54) is 6.92 Å². The molecule has 3 nitrogen and oxygen atoms in total. The molecule has 1 N–H and O–H groups in total. The Morgan fingerprint density at radius 2 is 1.85 bits per heavy atom. The van der Waals surface area contributed by atoms with E-state index in [1.807, 2.05) is 6.92 Å². The maximum Gasteiger partial charge on any atom is 0.216 e. The van der Waals surface area contributed by atoms with Crippen molar-refractivity contribution in [2.75, 3.05) is 6.54 Å². The molecular weight excluding hydrogens is 166 g/mol. The van der Waals surface area contributed by atoms with E-state index in [4.69, 9.17) is 0 Å². The van der Waals surface area contributed by atoms with Crippen molar-refractivity contribution < 1.29 is 9.59 Å². The molecule has 1 amide bonds. The molecule has 0 aromatic rings. The van der Waals surface area contributed by atoms with Crippen molar-refractivity contribution in [1.82, 2.24) is 5.32 Å². The van der Waals surface area contributed by atoms with Gasteiger partial charge in [-0.3, -0.25) is 9.59 Å². The van der Waals surface area contributed by atoms with Crippen LogP contribution in [0.3, 0.4) is 0 Å². The zero-order valence-corrected chi connectivity index (χ0v) is 8.56. The second-order valence-corrected chi connectivity index (χ2v) is 3.19. The molecule has 0 spiro atoms. The first-order valence-corrected chi connectivity index (χ1v) is 4.93. The summed E-state index contributed by atoms with van der Waals surface area (Å²) in [6.45, 7) is 4.13. The maximum atomic E-state index is 10.9. The van der Waals surface area contributed by atoms with E-state index in [0.29, 0.717) is 18.6 Å². The minimum Gasteiger partial charge on any atom is -0.356 e. The zero-order valence-electron chi connectivity index (χ0n) is 8.56. The molecule has 0 unspecified atom stereocenters. The first-order chi connectivity index (χ1) is 6.16. The molecule has 0 atom stereocenters. The molecule has 0 fully saturated rings. The van der Waals surface area contributed by atoms with E-state index in [2.05, 4.69) is 5.32 Å². The second-order valence-electron chi connectivity index (χ2n) is 3.19. The monoisotopic (exact) mass is 185 g/mol. The number of rotatable bonds is 7. The Kier molecular flexibility index (Phi) is 7.26. The van der Waals surface area contributed by atoms with Crippen molar-refractivity contribution in [1.29, 1.82) is 0 Å². The van der Waals surface area contributed by atoms with Gasteiger partial charge in [0.25, 0.3) is 0 Å². The van der Waals surface area contributed by atoms with Crippen molar-refractivity contribution in [3.63, 3.8) is 0 Å². The fourth-order valence-electron chi connectivity index (χ4n) is 1.07. The van der Waals surface area contributed by atoms with Crippen LogP contribution in [0, 0.1) is 0 Å². The molecule has 0 bridgehead atoms. The number of amides is 1. The smallest absolute Gasteiger partial charge is 0.216 e. The Balaban J connectivity index is 3.08. The summed E-state index contributed by atoms with van der Waals surface area (Å²) in [4.78, 5) is 21.3. The summed E-state index contributed by atoms with van der Waals surface area (Å²) in [5.74, 6) is 0.351. The molecule has 0 saturated carbocycles. The van der Waals surface area contributed by atoms with Gasteiger partial charge in [-0.25, -0.2) is 0 Å². The Morgan fingerprint density at radius 3 is 2.38 bits per heavy atom. The van der Waals surface area contributed by atoms with Gasteiger partial charge in [-0.1, -0.05) is 13.3 Å². The molecular formula is C10H19NO2. The van der Waals surface area contributed by atoms with Gasteiger partial charge in [0.1, 0.15) is 5.78 Å². The summed E-state index contributed by atoms with van der Waals surface area (Å²) in [7, 11) is 0. The molecule has 0 rings (SSSR count). The van der Waals surface area contributed by atoms with Gasteiger partial charge in [-0.2, -0.15) is 0 Å². The van der Waals surface area contributed by atoms with Crippen molar-refractivity contribution in [3.8, 4) is 0 Å². The highest BCUT2D eigenvalue weighted by atomic mass is 16.1. The van der Waals surface area contributed by atoms with Crippen molar-refractivity contribution in [3.05, 3.63) is 0 Å². The fourth-order valence-corrected chi connectivity index (χ4v) is 1.07. The third kappa shape index (κ3) is 9.05. The SMILES string of the molecule is CCC(=O)CCCCCNC(C)=O. The van der Waals surface area contributed by atoms with E-state index in [-0.39, 0.29) is 5.91 Å². The number of carbonyl (C=O) groups excluding carboxylic acids is 2. The maximum absolute atomic E-state index is 10.9. The number of nitrogens with one attached hydrogen (secondary N) is 1. The van der Waals surface area contributed by atoms with Gasteiger partial charge >= 0.3 is 0 Å². The molecule has 0 aliphatic rings. The molecule has 0 saturated heterocycles. The molecule has 0 aliphatic heterocycles. The summed E-state index contributed by atoms with van der Waals surface area (Å²) in [5.41, 5.74) is 0. The number of carbonyl (C=O) groups is 2. The van der Waals surface area contributed by atoms with Crippen molar-refractivity contribution in [2.24, 2.45) is 0 Å². The predicted molar refractivity (Wildman–Crippen MR) is 52.4 cm³/mol. The van der Waals surface area contributed by atoms with Gasteiger partial charge in [-0.05, 0) is 12.8 Å². The predicted octanol–water partition coefficient (Wildman–Crippen LogP) is 1.66. The highest BCUT2D eigenvalue weighted by molar-refractivity contribution is 5.77. The van der Waals surface area contributed by atoms with Crippen molar-refractivity contribution in [2.45, 2.75) is 46.0 Å². The average molecular weight is 185 g/mol. The molecule has 0 aromatic carbocycles. The van der Waals surface area contributed by atoms with Gasteiger partial charge in [-0.15, -0.1) is 0 Å².